The highest BCUT2D eigenvalue weighted by Crippen LogP contribution is 2.11. The summed E-state index contributed by atoms with van der Waals surface area (Å²) in [5.41, 5.74) is 0. The normalized spacial score (nSPS) is 11.9. The van der Waals surface area contributed by atoms with Gasteiger partial charge < -0.3 is 8.85 Å². The van der Waals surface area contributed by atoms with Crippen molar-refractivity contribution in [2.24, 2.45) is 0 Å². The van der Waals surface area contributed by atoms with Crippen molar-refractivity contribution in [2.75, 3.05) is 13.2 Å². The van der Waals surface area contributed by atoms with Crippen LogP contribution in [0.15, 0.2) is 17.5 Å². The molecule has 0 bridgehead atoms. The van der Waals surface area contributed by atoms with Crippen LogP contribution < -0.4 is 4.50 Å². The Morgan fingerprint density at radius 1 is 1.31 bits per heavy atom. The summed E-state index contributed by atoms with van der Waals surface area (Å²) in [5, 5.41) is 2.07. The van der Waals surface area contributed by atoms with Crippen LogP contribution in [0.4, 0.5) is 0 Å². The first-order valence-electron chi connectivity index (χ1n) is 4.54. The summed E-state index contributed by atoms with van der Waals surface area (Å²) >= 11 is 1.72. The lowest BCUT2D eigenvalue weighted by atomic mass is 10.7. The van der Waals surface area contributed by atoms with Gasteiger partial charge in [-0.15, -0.1) is 11.3 Å². The Morgan fingerprint density at radius 3 is 2.31 bits per heavy atom. The van der Waals surface area contributed by atoms with E-state index in [4.69, 9.17) is 8.85 Å². The molecular weight excluding hydrogens is 200 g/mol. The van der Waals surface area contributed by atoms with E-state index in [1.807, 2.05) is 19.9 Å². The monoisotopic (exact) mass is 216 g/mol. The molecule has 0 atom stereocenters. The third-order valence-corrected chi connectivity index (χ3v) is 6.70. The van der Waals surface area contributed by atoms with E-state index in [1.54, 1.807) is 11.3 Å². The maximum atomic E-state index is 5.74. The Balaban J connectivity index is 2.78. The number of hydrogen-bond donors (Lipinski definition) is 0. The molecule has 74 valence electrons. The second-order valence-electron chi connectivity index (χ2n) is 2.79. The number of hydrogen-bond acceptors (Lipinski definition) is 3. The molecule has 0 saturated heterocycles. The molecule has 4 heteroatoms. The van der Waals surface area contributed by atoms with Gasteiger partial charge in [0.05, 0.1) is 0 Å². The van der Waals surface area contributed by atoms with Crippen LogP contribution >= 0.6 is 11.3 Å². The first-order valence-corrected chi connectivity index (χ1v) is 7.74. The Hall–Kier alpha value is -0.163. The molecule has 0 aliphatic heterocycles. The van der Waals surface area contributed by atoms with Gasteiger partial charge in [0.15, 0.2) is 0 Å². The quantitative estimate of drug-likeness (QED) is 0.702. The minimum absolute atomic E-state index is 0.723. The number of thiophene rings is 1. The zero-order valence-electron chi connectivity index (χ0n) is 8.37. The van der Waals surface area contributed by atoms with Gasteiger partial charge in [-0.2, -0.15) is 0 Å². The molecule has 0 unspecified atom stereocenters. The van der Waals surface area contributed by atoms with Crippen molar-refractivity contribution >= 4 is 24.4 Å². The average Bonchev–Trinajstić information content (AvgIpc) is 2.57. The molecule has 0 fully saturated rings. The van der Waals surface area contributed by atoms with Gasteiger partial charge in [0, 0.05) is 17.7 Å². The largest absolute Gasteiger partial charge is 0.391 e. The van der Waals surface area contributed by atoms with Gasteiger partial charge in [-0.3, -0.25) is 0 Å². The SMILES string of the molecule is CCO[Si](C)(OCC)c1cccs1. The summed E-state index contributed by atoms with van der Waals surface area (Å²) < 4.78 is 12.7. The minimum Gasteiger partial charge on any atom is -0.391 e. The van der Waals surface area contributed by atoms with Crippen LogP contribution in [-0.4, -0.2) is 21.8 Å². The van der Waals surface area contributed by atoms with E-state index in [-0.39, 0.29) is 0 Å². The van der Waals surface area contributed by atoms with Crippen molar-refractivity contribution in [3.8, 4) is 0 Å². The molecule has 0 amide bonds. The third-order valence-electron chi connectivity index (χ3n) is 1.81. The van der Waals surface area contributed by atoms with E-state index in [1.165, 1.54) is 4.50 Å². The number of rotatable bonds is 5. The van der Waals surface area contributed by atoms with E-state index < -0.39 is 8.56 Å². The van der Waals surface area contributed by atoms with Crippen LogP contribution in [0.25, 0.3) is 0 Å². The molecule has 1 aromatic rings. The molecule has 1 heterocycles. The zero-order valence-corrected chi connectivity index (χ0v) is 10.2. The van der Waals surface area contributed by atoms with Gasteiger partial charge in [0.1, 0.15) is 0 Å². The molecule has 0 N–H and O–H groups in total. The summed E-state index contributed by atoms with van der Waals surface area (Å²) in [6, 6.07) is 4.14. The Bertz CT molecular complexity index is 230. The summed E-state index contributed by atoms with van der Waals surface area (Å²) in [6.07, 6.45) is 0. The van der Waals surface area contributed by atoms with Crippen LogP contribution in [0.5, 0.6) is 0 Å². The summed E-state index contributed by atoms with van der Waals surface area (Å²) in [7, 11) is -2.05. The van der Waals surface area contributed by atoms with Gasteiger partial charge in [-0.1, -0.05) is 6.07 Å². The van der Waals surface area contributed by atoms with E-state index in [9.17, 15) is 0 Å². The van der Waals surface area contributed by atoms with Crippen LogP contribution in [0, 0.1) is 0 Å². The molecule has 0 spiro atoms. The predicted octanol–water partition coefficient (Wildman–Crippen LogP) is 2.10. The van der Waals surface area contributed by atoms with Crippen LogP contribution in [-0.2, 0) is 8.85 Å². The zero-order chi connectivity index (χ0) is 9.73. The smallest absolute Gasteiger partial charge is 0.379 e. The highest BCUT2D eigenvalue weighted by atomic mass is 32.1. The fourth-order valence-corrected chi connectivity index (χ4v) is 5.02. The molecule has 1 aromatic heterocycles. The van der Waals surface area contributed by atoms with E-state index >= 15 is 0 Å². The average molecular weight is 216 g/mol. The lowest BCUT2D eigenvalue weighted by Gasteiger charge is -2.24. The third kappa shape index (κ3) is 2.64. The lowest BCUT2D eigenvalue weighted by molar-refractivity contribution is 0.203. The highest BCUT2D eigenvalue weighted by molar-refractivity contribution is 7.23. The Labute approximate surface area is 84.8 Å². The van der Waals surface area contributed by atoms with Crippen molar-refractivity contribution in [3.63, 3.8) is 0 Å². The molecular formula is C9H16O2SSi. The van der Waals surface area contributed by atoms with Crippen LogP contribution in [0.1, 0.15) is 13.8 Å². The van der Waals surface area contributed by atoms with E-state index in [0.717, 1.165) is 13.2 Å². The molecule has 0 radical (unpaired) electrons. The van der Waals surface area contributed by atoms with E-state index in [0.29, 0.717) is 0 Å². The Kier molecular flexibility index (Phi) is 4.12. The minimum atomic E-state index is -2.05. The first-order chi connectivity index (χ1) is 6.23. The summed E-state index contributed by atoms with van der Waals surface area (Å²) in [4.78, 5) is 0. The molecule has 0 saturated carbocycles. The first kappa shape index (κ1) is 10.9. The fourth-order valence-electron chi connectivity index (χ4n) is 1.27. The van der Waals surface area contributed by atoms with Crippen LogP contribution in [0.2, 0.25) is 6.55 Å². The highest BCUT2D eigenvalue weighted by Gasteiger charge is 2.34. The van der Waals surface area contributed by atoms with Crippen molar-refractivity contribution < 1.29 is 8.85 Å². The second-order valence-corrected chi connectivity index (χ2v) is 7.11. The molecule has 0 aromatic carbocycles. The molecule has 1 rings (SSSR count). The summed E-state index contributed by atoms with van der Waals surface area (Å²) in [6.45, 7) is 7.57. The molecule has 0 aliphatic carbocycles. The maximum absolute atomic E-state index is 5.74. The van der Waals surface area contributed by atoms with Crippen LogP contribution in [0.3, 0.4) is 0 Å². The van der Waals surface area contributed by atoms with Gasteiger partial charge in [0.25, 0.3) is 0 Å². The Morgan fingerprint density at radius 2 is 1.92 bits per heavy atom. The van der Waals surface area contributed by atoms with Gasteiger partial charge in [0.2, 0.25) is 0 Å². The van der Waals surface area contributed by atoms with Crippen molar-refractivity contribution in [2.45, 2.75) is 20.4 Å². The maximum Gasteiger partial charge on any atom is 0.379 e. The van der Waals surface area contributed by atoms with E-state index in [2.05, 4.69) is 18.0 Å². The fraction of sp³-hybridized carbons (Fsp3) is 0.556. The molecule has 2 nitrogen and oxygen atoms in total. The van der Waals surface area contributed by atoms with Gasteiger partial charge in [-0.05, 0) is 31.8 Å². The van der Waals surface area contributed by atoms with Crippen molar-refractivity contribution in [3.05, 3.63) is 17.5 Å². The second kappa shape index (κ2) is 4.90. The molecule has 0 aliphatic rings. The van der Waals surface area contributed by atoms with Gasteiger partial charge in [-0.25, -0.2) is 0 Å². The molecule has 13 heavy (non-hydrogen) atoms. The standard InChI is InChI=1S/C9H16O2SSi/c1-4-10-13(3,11-5-2)9-7-6-8-12-9/h6-8H,4-5H2,1-3H3. The predicted molar refractivity (Wildman–Crippen MR) is 58.8 cm³/mol. The lowest BCUT2D eigenvalue weighted by Crippen LogP contribution is -2.49. The topological polar surface area (TPSA) is 18.5 Å². The van der Waals surface area contributed by atoms with Crippen molar-refractivity contribution in [1.29, 1.82) is 0 Å². The van der Waals surface area contributed by atoms with Gasteiger partial charge >= 0.3 is 8.56 Å². The van der Waals surface area contributed by atoms with Crippen molar-refractivity contribution in [1.82, 2.24) is 0 Å². The summed E-state index contributed by atoms with van der Waals surface area (Å²) in [5.74, 6) is 0.